The molecule has 0 aromatic heterocycles. The van der Waals surface area contributed by atoms with Crippen LogP contribution in [0.25, 0.3) is 0 Å². The first-order chi connectivity index (χ1) is 6.10. The fourth-order valence-corrected chi connectivity index (χ4v) is 0.818. The van der Waals surface area contributed by atoms with Crippen molar-refractivity contribution >= 4 is 11.7 Å². The van der Waals surface area contributed by atoms with E-state index in [-0.39, 0.29) is 30.6 Å². The zero-order valence-electron chi connectivity index (χ0n) is 8.09. The molecule has 3 nitrogen and oxygen atoms in total. The summed E-state index contributed by atoms with van der Waals surface area (Å²) in [6.45, 7) is 3.36. The number of carbonyl (C=O) groups excluding carboxylic acids is 2. The Kier molecular flexibility index (Phi) is 5.62. The molecule has 0 bridgehead atoms. The van der Waals surface area contributed by atoms with Gasteiger partial charge in [0.2, 0.25) is 5.91 Å². The smallest absolute Gasteiger partial charge is 0.221 e. The molecule has 0 aromatic carbocycles. The Balaban J connectivity index is 3.74. The molecule has 0 saturated carbocycles. The molecule has 0 fully saturated rings. The summed E-state index contributed by atoms with van der Waals surface area (Å²) < 4.78 is 0. The first-order valence-electron chi connectivity index (χ1n) is 4.35. The number of hydrogen-bond donors (Lipinski definition) is 1. The van der Waals surface area contributed by atoms with Crippen LogP contribution in [0.15, 0.2) is 0 Å². The quantitative estimate of drug-likeness (QED) is 0.640. The zero-order chi connectivity index (χ0) is 10.3. The van der Waals surface area contributed by atoms with Gasteiger partial charge in [0.25, 0.3) is 0 Å². The Labute approximate surface area is 78.9 Å². The van der Waals surface area contributed by atoms with E-state index in [1.54, 1.807) is 0 Å². The van der Waals surface area contributed by atoms with E-state index in [4.69, 9.17) is 6.42 Å². The third kappa shape index (κ3) is 5.92. The molecule has 0 aromatic rings. The molecule has 0 rings (SSSR count). The van der Waals surface area contributed by atoms with Crippen molar-refractivity contribution in [2.24, 2.45) is 0 Å². The SMILES string of the molecule is C#CC(CC)NC(=O)CCC(C)=O. The summed E-state index contributed by atoms with van der Waals surface area (Å²) in [5, 5.41) is 2.64. The lowest BCUT2D eigenvalue weighted by molar-refractivity contribution is -0.124. The molecule has 13 heavy (non-hydrogen) atoms. The molecule has 0 radical (unpaired) electrons. The van der Waals surface area contributed by atoms with Gasteiger partial charge in [-0.15, -0.1) is 6.42 Å². The van der Waals surface area contributed by atoms with E-state index in [1.165, 1.54) is 6.92 Å². The maximum atomic E-state index is 11.1. The van der Waals surface area contributed by atoms with Crippen molar-refractivity contribution in [1.29, 1.82) is 0 Å². The fourth-order valence-electron chi connectivity index (χ4n) is 0.818. The van der Waals surface area contributed by atoms with Crippen LogP contribution in [0, 0.1) is 12.3 Å². The van der Waals surface area contributed by atoms with Gasteiger partial charge in [-0.1, -0.05) is 12.8 Å². The summed E-state index contributed by atoms with van der Waals surface area (Å²) in [6.07, 6.45) is 6.38. The van der Waals surface area contributed by atoms with Gasteiger partial charge in [-0.25, -0.2) is 0 Å². The molecule has 1 atom stereocenters. The summed E-state index contributed by atoms with van der Waals surface area (Å²) in [5.74, 6) is 2.32. The Morgan fingerprint density at radius 1 is 1.46 bits per heavy atom. The number of ketones is 1. The molecule has 72 valence electrons. The Morgan fingerprint density at radius 2 is 2.08 bits per heavy atom. The van der Waals surface area contributed by atoms with Gasteiger partial charge in [0, 0.05) is 12.8 Å². The average Bonchev–Trinajstić information content (AvgIpc) is 2.10. The molecule has 0 spiro atoms. The fraction of sp³-hybridized carbons (Fsp3) is 0.600. The van der Waals surface area contributed by atoms with Crippen molar-refractivity contribution < 1.29 is 9.59 Å². The van der Waals surface area contributed by atoms with Gasteiger partial charge in [-0.3, -0.25) is 4.79 Å². The number of carbonyl (C=O) groups is 2. The molecule has 1 unspecified atom stereocenters. The predicted molar refractivity (Wildman–Crippen MR) is 51.0 cm³/mol. The zero-order valence-corrected chi connectivity index (χ0v) is 8.09. The Bertz CT molecular complexity index is 228. The summed E-state index contributed by atoms with van der Waals surface area (Å²) in [4.78, 5) is 21.7. The monoisotopic (exact) mass is 181 g/mol. The summed E-state index contributed by atoms with van der Waals surface area (Å²) >= 11 is 0. The van der Waals surface area contributed by atoms with Gasteiger partial charge >= 0.3 is 0 Å². The predicted octanol–water partition coefficient (Wildman–Crippen LogP) is 0.884. The van der Waals surface area contributed by atoms with E-state index in [0.717, 1.165) is 0 Å². The lowest BCUT2D eigenvalue weighted by Crippen LogP contribution is -2.33. The minimum absolute atomic E-state index is 0.0175. The largest absolute Gasteiger partial charge is 0.342 e. The third-order valence-corrected chi connectivity index (χ3v) is 1.65. The van der Waals surface area contributed by atoms with Crippen LogP contribution in [-0.2, 0) is 9.59 Å². The lowest BCUT2D eigenvalue weighted by Gasteiger charge is -2.09. The second-order valence-electron chi connectivity index (χ2n) is 2.90. The molecule has 1 N–H and O–H groups in total. The highest BCUT2D eigenvalue weighted by atomic mass is 16.2. The number of terminal acetylenes is 1. The summed E-state index contributed by atoms with van der Waals surface area (Å²) in [6, 6.07) is -0.209. The lowest BCUT2D eigenvalue weighted by atomic mass is 10.2. The van der Waals surface area contributed by atoms with Crippen molar-refractivity contribution in [2.45, 2.75) is 39.2 Å². The molecule has 3 heteroatoms. The van der Waals surface area contributed by atoms with Crippen LogP contribution < -0.4 is 5.32 Å². The van der Waals surface area contributed by atoms with Gasteiger partial charge in [0.15, 0.2) is 0 Å². The molecule has 0 aliphatic heterocycles. The normalized spacial score (nSPS) is 11.5. The highest BCUT2D eigenvalue weighted by Gasteiger charge is 2.07. The number of amides is 1. The van der Waals surface area contributed by atoms with E-state index in [0.29, 0.717) is 6.42 Å². The molecule has 0 aliphatic rings. The van der Waals surface area contributed by atoms with E-state index in [2.05, 4.69) is 11.2 Å². The van der Waals surface area contributed by atoms with E-state index >= 15 is 0 Å². The Hall–Kier alpha value is -1.30. The van der Waals surface area contributed by atoms with Crippen molar-refractivity contribution in [1.82, 2.24) is 5.32 Å². The van der Waals surface area contributed by atoms with Gasteiger partial charge in [0.05, 0.1) is 6.04 Å². The third-order valence-electron chi connectivity index (χ3n) is 1.65. The Morgan fingerprint density at radius 3 is 2.46 bits per heavy atom. The van der Waals surface area contributed by atoms with Gasteiger partial charge < -0.3 is 10.1 Å². The van der Waals surface area contributed by atoms with Crippen LogP contribution >= 0.6 is 0 Å². The van der Waals surface area contributed by atoms with Gasteiger partial charge in [0.1, 0.15) is 5.78 Å². The van der Waals surface area contributed by atoms with Crippen molar-refractivity contribution in [2.75, 3.05) is 0 Å². The molecular weight excluding hydrogens is 166 g/mol. The highest BCUT2D eigenvalue weighted by molar-refractivity contribution is 5.83. The van der Waals surface area contributed by atoms with Crippen LogP contribution in [0.3, 0.4) is 0 Å². The summed E-state index contributed by atoms with van der Waals surface area (Å²) in [5.41, 5.74) is 0. The second-order valence-corrected chi connectivity index (χ2v) is 2.90. The van der Waals surface area contributed by atoms with E-state index < -0.39 is 0 Å². The van der Waals surface area contributed by atoms with Crippen molar-refractivity contribution in [3.8, 4) is 12.3 Å². The molecular formula is C10H15NO2. The molecule has 0 aliphatic carbocycles. The highest BCUT2D eigenvalue weighted by Crippen LogP contribution is 1.93. The van der Waals surface area contributed by atoms with Crippen molar-refractivity contribution in [3.63, 3.8) is 0 Å². The maximum Gasteiger partial charge on any atom is 0.221 e. The number of nitrogens with one attached hydrogen (secondary N) is 1. The van der Waals surface area contributed by atoms with E-state index in [1.807, 2.05) is 6.92 Å². The maximum absolute atomic E-state index is 11.1. The van der Waals surface area contributed by atoms with Crippen molar-refractivity contribution in [3.05, 3.63) is 0 Å². The van der Waals surface area contributed by atoms with Crippen LogP contribution in [0.4, 0.5) is 0 Å². The molecule has 0 saturated heterocycles. The number of hydrogen-bond acceptors (Lipinski definition) is 2. The van der Waals surface area contributed by atoms with Crippen LogP contribution in [-0.4, -0.2) is 17.7 Å². The minimum atomic E-state index is -0.209. The van der Waals surface area contributed by atoms with Crippen LogP contribution in [0.5, 0.6) is 0 Å². The second kappa shape index (κ2) is 6.24. The van der Waals surface area contributed by atoms with E-state index in [9.17, 15) is 9.59 Å². The molecule has 1 amide bonds. The standard InChI is InChI=1S/C10H15NO2/c1-4-9(5-2)11-10(13)7-6-8(3)12/h1,9H,5-7H2,2-3H3,(H,11,13). The average molecular weight is 181 g/mol. The van der Waals surface area contributed by atoms with Crippen LogP contribution in [0.1, 0.15) is 33.1 Å². The number of rotatable bonds is 5. The first kappa shape index (κ1) is 11.7. The topological polar surface area (TPSA) is 46.2 Å². The summed E-state index contributed by atoms with van der Waals surface area (Å²) in [7, 11) is 0. The van der Waals surface area contributed by atoms with Gasteiger partial charge in [-0.05, 0) is 13.3 Å². The van der Waals surface area contributed by atoms with Gasteiger partial charge in [-0.2, -0.15) is 0 Å². The molecule has 0 heterocycles. The minimum Gasteiger partial charge on any atom is -0.342 e. The number of Topliss-reactive ketones (excluding diaryl/α,β-unsaturated/α-hetero) is 1. The van der Waals surface area contributed by atoms with Crippen LogP contribution in [0.2, 0.25) is 0 Å². The first-order valence-corrected chi connectivity index (χ1v) is 4.35.